The van der Waals surface area contributed by atoms with Crippen LogP contribution in [-0.2, 0) is 30.7 Å². The lowest BCUT2D eigenvalue weighted by Gasteiger charge is -2.33. The number of anilines is 1. The Hall–Kier alpha value is -3.53. The van der Waals surface area contributed by atoms with Crippen LogP contribution in [0, 0.1) is 0 Å². The van der Waals surface area contributed by atoms with Gasteiger partial charge in [-0.15, -0.1) is 15.3 Å². The number of aromatic amines is 1. The molecule has 1 atom stereocenters. The van der Waals surface area contributed by atoms with E-state index in [1.165, 1.54) is 11.1 Å². The number of ether oxygens (including phenoxy) is 1. The molecule has 33 heavy (non-hydrogen) atoms. The molecule has 10 nitrogen and oxygen atoms in total. The number of rotatable bonds is 6. The number of piperidine rings is 1. The molecule has 2 aliphatic heterocycles. The Morgan fingerprint density at radius 1 is 1.15 bits per heavy atom. The van der Waals surface area contributed by atoms with Gasteiger partial charge < -0.3 is 9.64 Å². The Balaban J connectivity index is 1.35. The fourth-order valence-corrected chi connectivity index (χ4v) is 4.88. The molecule has 0 saturated carbocycles. The van der Waals surface area contributed by atoms with E-state index >= 15 is 0 Å². The predicted octanol–water partition coefficient (Wildman–Crippen LogP) is 2.42. The van der Waals surface area contributed by atoms with Crippen molar-refractivity contribution in [2.45, 2.75) is 44.9 Å². The number of nitrogens with zero attached hydrogens (tertiary/aromatic N) is 8. The number of aromatic nitrogens is 8. The van der Waals surface area contributed by atoms with E-state index in [1.54, 1.807) is 6.20 Å². The van der Waals surface area contributed by atoms with Crippen molar-refractivity contribution < 1.29 is 4.74 Å². The number of hydrogen-bond acceptors (Lipinski definition) is 7. The number of benzene rings is 1. The molecular weight excluding hydrogens is 418 g/mol. The highest BCUT2D eigenvalue weighted by Gasteiger charge is 2.29. The Morgan fingerprint density at radius 3 is 2.97 bits per heavy atom. The van der Waals surface area contributed by atoms with Crippen LogP contribution in [0.2, 0.25) is 0 Å². The van der Waals surface area contributed by atoms with Crippen LogP contribution in [0.25, 0.3) is 11.5 Å². The minimum atomic E-state index is 0.277. The third kappa shape index (κ3) is 3.91. The van der Waals surface area contributed by atoms with Gasteiger partial charge in [0.2, 0.25) is 5.95 Å². The van der Waals surface area contributed by atoms with Gasteiger partial charge in [0.15, 0.2) is 5.82 Å². The van der Waals surface area contributed by atoms with E-state index in [-0.39, 0.29) is 6.04 Å². The largest absolute Gasteiger partial charge is 0.375 e. The number of H-pyrrole nitrogens is 1. The maximum atomic E-state index is 5.59. The van der Waals surface area contributed by atoms with Crippen molar-refractivity contribution in [2.24, 2.45) is 0 Å². The normalized spacial score (nSPS) is 18.4. The van der Waals surface area contributed by atoms with Crippen LogP contribution >= 0.6 is 0 Å². The predicted molar refractivity (Wildman–Crippen MR) is 122 cm³/mol. The fourth-order valence-electron chi connectivity index (χ4n) is 4.88. The molecule has 1 saturated heterocycles. The summed E-state index contributed by atoms with van der Waals surface area (Å²) in [4.78, 5) is 2.33. The van der Waals surface area contributed by atoms with Gasteiger partial charge in [-0.3, -0.25) is 9.67 Å². The zero-order valence-corrected chi connectivity index (χ0v) is 18.5. The van der Waals surface area contributed by atoms with Crippen LogP contribution in [0.15, 0.2) is 42.7 Å². The van der Waals surface area contributed by atoms with E-state index in [1.807, 2.05) is 10.9 Å². The Kier molecular flexibility index (Phi) is 5.35. The summed E-state index contributed by atoms with van der Waals surface area (Å²) < 4.78 is 9.79. The summed E-state index contributed by atoms with van der Waals surface area (Å²) in [6.45, 7) is 3.83. The highest BCUT2D eigenvalue weighted by atomic mass is 16.5. The molecule has 1 aromatic carbocycles. The van der Waals surface area contributed by atoms with Gasteiger partial charge in [0.05, 0.1) is 31.1 Å². The summed E-state index contributed by atoms with van der Waals surface area (Å²) in [5, 5.41) is 25.3. The Labute approximate surface area is 191 Å². The van der Waals surface area contributed by atoms with Crippen molar-refractivity contribution in [3.8, 4) is 11.5 Å². The first-order valence-electron chi connectivity index (χ1n) is 11.6. The van der Waals surface area contributed by atoms with Crippen LogP contribution in [0.4, 0.5) is 5.95 Å². The first-order valence-corrected chi connectivity index (χ1v) is 11.6. The van der Waals surface area contributed by atoms with Crippen LogP contribution in [0.5, 0.6) is 0 Å². The SMILES string of the molecule is c1ccc(CCn2c(-c3n[nH]c4c3CCOC4)nnc2N2CCCC(n3ccnn3)C2)cc1. The summed E-state index contributed by atoms with van der Waals surface area (Å²) >= 11 is 0. The number of nitrogens with one attached hydrogen (secondary N) is 1. The second-order valence-electron chi connectivity index (χ2n) is 8.67. The second kappa shape index (κ2) is 8.78. The van der Waals surface area contributed by atoms with E-state index < -0.39 is 0 Å². The molecule has 0 amide bonds. The molecule has 2 aliphatic rings. The van der Waals surface area contributed by atoms with Crippen LogP contribution in [0.3, 0.4) is 0 Å². The van der Waals surface area contributed by atoms with Gasteiger partial charge in [0.1, 0.15) is 5.69 Å². The smallest absolute Gasteiger partial charge is 0.227 e. The minimum Gasteiger partial charge on any atom is -0.375 e. The van der Waals surface area contributed by atoms with Gasteiger partial charge in [-0.1, -0.05) is 35.5 Å². The Morgan fingerprint density at radius 2 is 2.09 bits per heavy atom. The highest BCUT2D eigenvalue weighted by molar-refractivity contribution is 5.59. The minimum absolute atomic E-state index is 0.277. The average Bonchev–Trinajstić information content (AvgIpc) is 3.63. The first kappa shape index (κ1) is 20.1. The van der Waals surface area contributed by atoms with Gasteiger partial charge in [-0.05, 0) is 31.2 Å². The van der Waals surface area contributed by atoms with Crippen LogP contribution in [-0.4, -0.2) is 59.7 Å². The summed E-state index contributed by atoms with van der Waals surface area (Å²) in [5.74, 6) is 1.72. The maximum absolute atomic E-state index is 5.59. The Bertz CT molecular complexity index is 1200. The molecule has 1 fully saturated rings. The lowest BCUT2D eigenvalue weighted by molar-refractivity contribution is 0.108. The van der Waals surface area contributed by atoms with Crippen LogP contribution in [0.1, 0.15) is 35.7 Å². The van der Waals surface area contributed by atoms with Crippen molar-refractivity contribution in [2.75, 3.05) is 24.6 Å². The molecule has 0 bridgehead atoms. The molecule has 5 heterocycles. The topological polar surface area (TPSA) is 103 Å². The molecule has 6 rings (SSSR count). The molecule has 0 aliphatic carbocycles. The van der Waals surface area contributed by atoms with E-state index in [4.69, 9.17) is 4.74 Å². The molecular formula is C23H27N9O. The second-order valence-corrected chi connectivity index (χ2v) is 8.67. The lowest BCUT2D eigenvalue weighted by atomic mass is 10.1. The highest BCUT2D eigenvalue weighted by Crippen LogP contribution is 2.31. The molecule has 3 aromatic heterocycles. The van der Waals surface area contributed by atoms with Gasteiger partial charge in [-0.25, -0.2) is 4.68 Å². The average molecular weight is 446 g/mol. The molecule has 4 aromatic rings. The van der Waals surface area contributed by atoms with Gasteiger partial charge in [0.25, 0.3) is 0 Å². The van der Waals surface area contributed by atoms with Gasteiger partial charge in [0, 0.05) is 31.4 Å². The van der Waals surface area contributed by atoms with E-state index in [2.05, 4.69) is 70.5 Å². The zero-order valence-electron chi connectivity index (χ0n) is 18.5. The fraction of sp³-hybridized carbons (Fsp3) is 0.435. The molecule has 0 spiro atoms. The molecule has 0 radical (unpaired) electrons. The van der Waals surface area contributed by atoms with E-state index in [0.29, 0.717) is 13.2 Å². The summed E-state index contributed by atoms with van der Waals surface area (Å²) in [7, 11) is 0. The summed E-state index contributed by atoms with van der Waals surface area (Å²) in [6.07, 6.45) is 7.56. The van der Waals surface area contributed by atoms with E-state index in [9.17, 15) is 0 Å². The number of fused-ring (bicyclic) bond motifs is 1. The quantitative estimate of drug-likeness (QED) is 0.486. The summed E-state index contributed by atoms with van der Waals surface area (Å²) in [6, 6.07) is 10.8. The third-order valence-corrected chi connectivity index (χ3v) is 6.60. The van der Waals surface area contributed by atoms with Gasteiger partial charge >= 0.3 is 0 Å². The standard InChI is InChI=1S/C23H27N9O/c1-2-5-17(6-3-1)8-12-31-22(21-19-9-14-33-16-20(19)25-26-21)27-28-23(31)30-11-4-7-18(15-30)32-13-10-24-29-32/h1-3,5-6,10,13,18H,4,7-9,11-12,14-16H2,(H,25,26). The molecule has 10 heteroatoms. The number of aryl methyl sites for hydroxylation is 1. The van der Waals surface area contributed by atoms with Crippen molar-refractivity contribution >= 4 is 5.95 Å². The first-order chi connectivity index (χ1) is 16.4. The molecule has 170 valence electrons. The van der Waals surface area contributed by atoms with Gasteiger partial charge in [-0.2, -0.15) is 5.10 Å². The van der Waals surface area contributed by atoms with Crippen LogP contribution < -0.4 is 4.90 Å². The molecule has 1 N–H and O–H groups in total. The van der Waals surface area contributed by atoms with Crippen molar-refractivity contribution in [1.29, 1.82) is 0 Å². The molecule has 1 unspecified atom stereocenters. The van der Waals surface area contributed by atoms with Crippen molar-refractivity contribution in [3.05, 3.63) is 59.5 Å². The van der Waals surface area contributed by atoms with Crippen molar-refractivity contribution in [1.82, 2.24) is 40.0 Å². The zero-order chi connectivity index (χ0) is 22.0. The monoisotopic (exact) mass is 445 g/mol. The number of hydrogen-bond donors (Lipinski definition) is 1. The third-order valence-electron chi connectivity index (χ3n) is 6.60. The van der Waals surface area contributed by atoms with Crippen molar-refractivity contribution in [3.63, 3.8) is 0 Å². The summed E-state index contributed by atoms with van der Waals surface area (Å²) in [5.41, 5.74) is 4.42. The maximum Gasteiger partial charge on any atom is 0.227 e. The lowest BCUT2D eigenvalue weighted by Crippen LogP contribution is -2.38. The van der Waals surface area contributed by atoms with E-state index in [0.717, 1.165) is 68.5 Å².